The van der Waals surface area contributed by atoms with Crippen molar-refractivity contribution < 1.29 is 17.9 Å². The highest BCUT2D eigenvalue weighted by molar-refractivity contribution is 7.92. The third-order valence-electron chi connectivity index (χ3n) is 7.85. The molecule has 4 rings (SSSR count). The summed E-state index contributed by atoms with van der Waals surface area (Å²) in [6.45, 7) is 8.26. The number of fused-ring (bicyclic) bond motifs is 2. The maximum atomic E-state index is 14.0. The van der Waals surface area contributed by atoms with Crippen LogP contribution in [0.25, 0.3) is 0 Å². The SMILES string of the molecule is C/C=C/C(=O)O[C@H]1[C@@H](N(c2ccccc2)S(=O)(=O)c2ccccc2)[C@H]2CC[C@]1(C)C2(C)C. The summed E-state index contributed by atoms with van der Waals surface area (Å²) in [6.07, 6.45) is 4.27. The third kappa shape index (κ3) is 3.36. The Balaban J connectivity index is 1.90. The van der Waals surface area contributed by atoms with Crippen molar-refractivity contribution in [2.24, 2.45) is 16.7 Å². The molecule has 0 aliphatic heterocycles. The first-order chi connectivity index (χ1) is 15.1. The Kier molecular flexibility index (Phi) is 5.70. The monoisotopic (exact) mass is 453 g/mol. The van der Waals surface area contributed by atoms with Gasteiger partial charge >= 0.3 is 5.97 Å². The van der Waals surface area contributed by atoms with E-state index in [9.17, 15) is 13.2 Å². The zero-order valence-electron chi connectivity index (χ0n) is 19.1. The first-order valence-corrected chi connectivity index (χ1v) is 12.6. The minimum atomic E-state index is -3.89. The van der Waals surface area contributed by atoms with E-state index in [0.717, 1.165) is 12.8 Å². The van der Waals surface area contributed by atoms with E-state index in [1.165, 1.54) is 10.4 Å². The van der Waals surface area contributed by atoms with E-state index in [1.807, 2.05) is 30.3 Å². The molecule has 170 valence electrons. The van der Waals surface area contributed by atoms with Crippen molar-refractivity contribution in [3.63, 3.8) is 0 Å². The van der Waals surface area contributed by atoms with E-state index in [0.29, 0.717) is 5.69 Å². The van der Waals surface area contributed by atoms with Gasteiger partial charge in [0.25, 0.3) is 10.0 Å². The number of sulfonamides is 1. The fourth-order valence-electron chi connectivity index (χ4n) is 5.80. The van der Waals surface area contributed by atoms with Crippen LogP contribution < -0.4 is 4.31 Å². The van der Waals surface area contributed by atoms with Crippen LogP contribution in [0.15, 0.2) is 77.7 Å². The van der Waals surface area contributed by atoms with Crippen LogP contribution in [0.2, 0.25) is 0 Å². The minimum Gasteiger partial charge on any atom is -0.456 e. The zero-order valence-corrected chi connectivity index (χ0v) is 19.9. The zero-order chi connectivity index (χ0) is 23.1. The molecular formula is C26H31NO4S. The lowest BCUT2D eigenvalue weighted by Crippen LogP contribution is -2.53. The van der Waals surface area contributed by atoms with Gasteiger partial charge in [-0.1, -0.05) is 63.2 Å². The second kappa shape index (κ2) is 8.07. The Bertz CT molecular complexity index is 1110. The van der Waals surface area contributed by atoms with Gasteiger partial charge < -0.3 is 4.74 Å². The van der Waals surface area contributed by atoms with Crippen molar-refractivity contribution in [3.05, 3.63) is 72.8 Å². The second-order valence-corrected chi connectivity index (χ2v) is 11.4. The molecule has 2 saturated carbocycles. The van der Waals surface area contributed by atoms with Gasteiger partial charge in [-0.05, 0) is 55.4 Å². The lowest BCUT2D eigenvalue weighted by molar-refractivity contribution is -0.151. The Morgan fingerprint density at radius 1 is 1.03 bits per heavy atom. The molecule has 2 bridgehead atoms. The highest BCUT2D eigenvalue weighted by Crippen LogP contribution is 2.67. The summed E-state index contributed by atoms with van der Waals surface area (Å²) in [5.74, 6) is -0.383. The number of ether oxygens (including phenoxy) is 1. The largest absolute Gasteiger partial charge is 0.456 e. The normalized spacial score (nSPS) is 28.7. The van der Waals surface area contributed by atoms with Crippen LogP contribution in [0.1, 0.15) is 40.5 Å². The van der Waals surface area contributed by atoms with Crippen LogP contribution in [0.5, 0.6) is 0 Å². The van der Waals surface area contributed by atoms with Gasteiger partial charge in [-0.3, -0.25) is 4.31 Å². The van der Waals surface area contributed by atoms with E-state index in [4.69, 9.17) is 4.74 Å². The molecule has 0 aromatic heterocycles. The molecule has 2 aromatic carbocycles. The summed E-state index contributed by atoms with van der Waals surface area (Å²) < 4.78 is 35.6. The van der Waals surface area contributed by atoms with E-state index in [1.54, 1.807) is 43.3 Å². The predicted octanol–water partition coefficient (Wildman–Crippen LogP) is 5.19. The number of allylic oxidation sites excluding steroid dienone is 1. The Labute approximate surface area is 191 Å². The van der Waals surface area contributed by atoms with Gasteiger partial charge in [0.2, 0.25) is 0 Å². The van der Waals surface area contributed by atoms with Crippen LogP contribution in [-0.4, -0.2) is 26.5 Å². The number of para-hydroxylation sites is 1. The number of hydrogen-bond acceptors (Lipinski definition) is 4. The summed E-state index contributed by atoms with van der Waals surface area (Å²) in [4.78, 5) is 12.8. The average molecular weight is 454 g/mol. The summed E-state index contributed by atoms with van der Waals surface area (Å²) >= 11 is 0. The molecule has 0 amide bonds. The van der Waals surface area contributed by atoms with Crippen LogP contribution >= 0.6 is 0 Å². The molecular weight excluding hydrogens is 422 g/mol. The van der Waals surface area contributed by atoms with Gasteiger partial charge in [0.05, 0.1) is 16.6 Å². The molecule has 2 aliphatic carbocycles. The quantitative estimate of drug-likeness (QED) is 0.446. The molecule has 0 spiro atoms. The molecule has 2 fully saturated rings. The highest BCUT2D eigenvalue weighted by atomic mass is 32.2. The molecule has 0 unspecified atom stereocenters. The number of hydrogen-bond donors (Lipinski definition) is 0. The summed E-state index contributed by atoms with van der Waals surface area (Å²) in [6, 6.07) is 17.2. The summed E-state index contributed by atoms with van der Waals surface area (Å²) in [5, 5.41) is 0. The number of anilines is 1. The molecule has 2 aliphatic rings. The average Bonchev–Trinajstić information content (AvgIpc) is 3.09. The predicted molar refractivity (Wildman–Crippen MR) is 126 cm³/mol. The number of carbonyl (C=O) groups excluding carboxylic acids is 1. The topological polar surface area (TPSA) is 63.7 Å². The van der Waals surface area contributed by atoms with Crippen LogP contribution in [0.3, 0.4) is 0 Å². The van der Waals surface area contributed by atoms with Crippen molar-refractivity contribution in [1.29, 1.82) is 0 Å². The lowest BCUT2D eigenvalue weighted by Gasteiger charge is -2.42. The number of esters is 1. The number of carbonyl (C=O) groups is 1. The smallest absolute Gasteiger partial charge is 0.330 e. The van der Waals surface area contributed by atoms with Crippen LogP contribution in [0, 0.1) is 16.7 Å². The van der Waals surface area contributed by atoms with Crippen molar-refractivity contribution >= 4 is 21.7 Å². The molecule has 6 heteroatoms. The maximum absolute atomic E-state index is 14.0. The van der Waals surface area contributed by atoms with Gasteiger partial charge in [-0.2, -0.15) is 0 Å². The molecule has 32 heavy (non-hydrogen) atoms. The number of nitrogens with zero attached hydrogens (tertiary/aromatic N) is 1. The van der Waals surface area contributed by atoms with Gasteiger partial charge in [-0.25, -0.2) is 13.2 Å². The lowest BCUT2D eigenvalue weighted by atomic mass is 9.70. The molecule has 5 nitrogen and oxygen atoms in total. The summed E-state index contributed by atoms with van der Waals surface area (Å²) in [5.41, 5.74) is 0.0525. The molecule has 0 saturated heterocycles. The van der Waals surface area contributed by atoms with Crippen molar-refractivity contribution in [3.8, 4) is 0 Å². The molecule has 4 atom stereocenters. The van der Waals surface area contributed by atoms with Crippen molar-refractivity contribution in [2.75, 3.05) is 4.31 Å². The highest BCUT2D eigenvalue weighted by Gasteiger charge is 2.70. The van der Waals surface area contributed by atoms with Crippen LogP contribution in [0.4, 0.5) is 5.69 Å². The van der Waals surface area contributed by atoms with Crippen molar-refractivity contribution in [2.45, 2.75) is 57.6 Å². The van der Waals surface area contributed by atoms with Crippen LogP contribution in [-0.2, 0) is 19.6 Å². The van der Waals surface area contributed by atoms with E-state index >= 15 is 0 Å². The van der Waals surface area contributed by atoms with Gasteiger partial charge in [0.1, 0.15) is 6.10 Å². The molecule has 0 N–H and O–H groups in total. The molecule has 2 aromatic rings. The first kappa shape index (κ1) is 22.6. The summed E-state index contributed by atoms with van der Waals surface area (Å²) in [7, 11) is -3.89. The van der Waals surface area contributed by atoms with Gasteiger partial charge in [0, 0.05) is 11.5 Å². The Morgan fingerprint density at radius 2 is 1.62 bits per heavy atom. The number of rotatable bonds is 6. The molecule has 0 heterocycles. The standard InChI is InChI=1S/C26H31NO4S/c1-5-12-22(28)31-24-23(21-17-18-26(24,4)25(21,2)3)27(19-13-8-6-9-14-19)32(29,30)20-15-10-7-11-16-20/h5-16,21,23-24H,17-18H2,1-4H3/b12-5+/t21-,23+,24+,26+/m1/s1. The third-order valence-corrected chi connectivity index (χ3v) is 9.69. The second-order valence-electron chi connectivity index (χ2n) is 9.58. The minimum absolute atomic E-state index is 0.0506. The molecule has 0 radical (unpaired) electrons. The van der Waals surface area contributed by atoms with E-state index < -0.39 is 28.1 Å². The fourth-order valence-corrected chi connectivity index (χ4v) is 7.50. The Morgan fingerprint density at radius 3 is 2.22 bits per heavy atom. The van der Waals surface area contributed by atoms with Gasteiger partial charge in [-0.15, -0.1) is 0 Å². The van der Waals surface area contributed by atoms with Crippen molar-refractivity contribution in [1.82, 2.24) is 0 Å². The number of benzene rings is 2. The van der Waals surface area contributed by atoms with E-state index in [-0.39, 0.29) is 21.6 Å². The maximum Gasteiger partial charge on any atom is 0.330 e. The first-order valence-electron chi connectivity index (χ1n) is 11.1. The van der Waals surface area contributed by atoms with E-state index in [2.05, 4.69) is 20.8 Å². The fraction of sp³-hybridized carbons (Fsp3) is 0.423. The van der Waals surface area contributed by atoms with Gasteiger partial charge in [0.15, 0.2) is 0 Å². The Hall–Kier alpha value is -2.60.